The molecule has 0 bridgehead atoms. The van der Waals surface area contributed by atoms with Crippen molar-refractivity contribution in [1.82, 2.24) is 5.32 Å². The molecule has 2 aromatic rings. The second-order valence-corrected chi connectivity index (χ2v) is 7.39. The maximum atomic E-state index is 12.8. The van der Waals surface area contributed by atoms with Gasteiger partial charge in [0.1, 0.15) is 11.4 Å². The third kappa shape index (κ3) is 3.85. The Hall–Kier alpha value is -2.33. The highest BCUT2D eigenvalue weighted by atomic mass is 16.5. The van der Waals surface area contributed by atoms with Crippen LogP contribution in [0.5, 0.6) is 5.75 Å². The van der Waals surface area contributed by atoms with Gasteiger partial charge in [0.05, 0.1) is 12.0 Å². The van der Waals surface area contributed by atoms with Crippen LogP contribution in [0.1, 0.15) is 50.4 Å². The molecule has 3 atom stereocenters. The second-order valence-electron chi connectivity index (χ2n) is 7.39. The monoisotopic (exact) mass is 338 g/mol. The van der Waals surface area contributed by atoms with Gasteiger partial charge < -0.3 is 15.8 Å². The van der Waals surface area contributed by atoms with Gasteiger partial charge in [0.25, 0.3) is 0 Å². The van der Waals surface area contributed by atoms with Gasteiger partial charge in [-0.05, 0) is 25.5 Å². The highest BCUT2D eigenvalue weighted by molar-refractivity contribution is 5.80. The third-order valence-corrected chi connectivity index (χ3v) is 4.83. The zero-order valence-corrected chi connectivity index (χ0v) is 15.0. The maximum absolute atomic E-state index is 12.8. The first-order valence-corrected chi connectivity index (χ1v) is 8.76. The molecule has 1 heterocycles. The summed E-state index contributed by atoms with van der Waals surface area (Å²) in [6.07, 6.45) is 0.725. The first kappa shape index (κ1) is 17.5. The van der Waals surface area contributed by atoms with Crippen molar-refractivity contribution in [3.05, 3.63) is 65.7 Å². The predicted octanol–water partition coefficient (Wildman–Crippen LogP) is 3.74. The van der Waals surface area contributed by atoms with Crippen molar-refractivity contribution in [3.63, 3.8) is 0 Å². The van der Waals surface area contributed by atoms with Crippen LogP contribution < -0.4 is 15.8 Å². The van der Waals surface area contributed by atoms with E-state index in [1.165, 1.54) is 0 Å². The van der Waals surface area contributed by atoms with Gasteiger partial charge in [0.15, 0.2) is 0 Å². The third-order valence-electron chi connectivity index (χ3n) is 4.83. The standard InChI is InChI=1S/C21H26N2O2/c1-14(19(22)15-9-5-4-6-10-15)20(24)23-17-13-21(2,3)25-18-12-8-7-11-16(17)18/h4-12,14,17,19H,13,22H2,1-3H3,(H,23,24). The van der Waals surface area contributed by atoms with Crippen molar-refractivity contribution >= 4 is 5.91 Å². The van der Waals surface area contributed by atoms with Crippen molar-refractivity contribution in [3.8, 4) is 5.75 Å². The highest BCUT2D eigenvalue weighted by Gasteiger charge is 2.35. The Labute approximate surface area is 149 Å². The van der Waals surface area contributed by atoms with Crippen molar-refractivity contribution in [2.24, 2.45) is 11.7 Å². The molecule has 1 aliphatic heterocycles. The van der Waals surface area contributed by atoms with Crippen LogP contribution in [0.15, 0.2) is 54.6 Å². The van der Waals surface area contributed by atoms with Crippen LogP contribution in [-0.4, -0.2) is 11.5 Å². The molecule has 0 aliphatic carbocycles. The van der Waals surface area contributed by atoms with Crippen molar-refractivity contribution < 1.29 is 9.53 Å². The number of nitrogens with one attached hydrogen (secondary N) is 1. The SMILES string of the molecule is CC(C(=O)NC1CC(C)(C)Oc2ccccc21)C(N)c1ccccc1. The van der Waals surface area contributed by atoms with Crippen molar-refractivity contribution in [2.75, 3.05) is 0 Å². The van der Waals surface area contributed by atoms with Crippen molar-refractivity contribution in [2.45, 2.75) is 44.9 Å². The fourth-order valence-corrected chi connectivity index (χ4v) is 3.36. The molecule has 3 N–H and O–H groups in total. The number of rotatable bonds is 4. The van der Waals surface area contributed by atoms with E-state index in [2.05, 4.69) is 5.32 Å². The van der Waals surface area contributed by atoms with Crippen LogP contribution >= 0.6 is 0 Å². The average Bonchev–Trinajstić information content (AvgIpc) is 2.60. The number of nitrogens with two attached hydrogens (primary N) is 1. The lowest BCUT2D eigenvalue weighted by Crippen LogP contribution is -2.44. The van der Waals surface area contributed by atoms with E-state index in [4.69, 9.17) is 10.5 Å². The summed E-state index contributed by atoms with van der Waals surface area (Å²) in [7, 11) is 0. The largest absolute Gasteiger partial charge is 0.487 e. The topological polar surface area (TPSA) is 64.3 Å². The van der Waals surface area contributed by atoms with Gasteiger partial charge in [-0.25, -0.2) is 0 Å². The molecule has 1 aliphatic rings. The number of hydrogen-bond donors (Lipinski definition) is 2. The van der Waals surface area contributed by atoms with E-state index in [0.717, 1.165) is 23.3 Å². The summed E-state index contributed by atoms with van der Waals surface area (Å²) in [5.74, 6) is 0.485. The molecule has 0 fully saturated rings. The van der Waals surface area contributed by atoms with Crippen LogP contribution in [0.2, 0.25) is 0 Å². The maximum Gasteiger partial charge on any atom is 0.225 e. The Morgan fingerprint density at radius 3 is 2.52 bits per heavy atom. The Morgan fingerprint density at radius 1 is 1.16 bits per heavy atom. The van der Waals surface area contributed by atoms with E-state index >= 15 is 0 Å². The summed E-state index contributed by atoms with van der Waals surface area (Å²) in [6.45, 7) is 5.96. The zero-order chi connectivity index (χ0) is 18.0. The molecule has 0 spiro atoms. The van der Waals surface area contributed by atoms with Gasteiger partial charge in [-0.15, -0.1) is 0 Å². The van der Waals surface area contributed by atoms with E-state index < -0.39 is 0 Å². The van der Waals surface area contributed by atoms with Gasteiger partial charge in [-0.3, -0.25) is 4.79 Å². The molecule has 1 amide bonds. The Morgan fingerprint density at radius 2 is 1.80 bits per heavy atom. The number of ether oxygens (including phenoxy) is 1. The van der Waals surface area contributed by atoms with Crippen LogP contribution in [0, 0.1) is 5.92 Å². The average molecular weight is 338 g/mol. The first-order valence-electron chi connectivity index (χ1n) is 8.76. The molecular weight excluding hydrogens is 312 g/mol. The summed E-state index contributed by atoms with van der Waals surface area (Å²) in [4.78, 5) is 12.8. The lowest BCUT2D eigenvalue weighted by atomic mass is 9.88. The lowest BCUT2D eigenvalue weighted by molar-refractivity contribution is -0.126. The highest BCUT2D eigenvalue weighted by Crippen LogP contribution is 2.39. The summed E-state index contributed by atoms with van der Waals surface area (Å²) < 4.78 is 6.03. The summed E-state index contributed by atoms with van der Waals surface area (Å²) in [5, 5.41) is 3.18. The van der Waals surface area contributed by atoms with E-state index in [1.807, 2.05) is 75.4 Å². The molecule has 0 saturated heterocycles. The molecule has 0 radical (unpaired) electrons. The Balaban J connectivity index is 1.76. The normalized spacial score (nSPS) is 20.7. The fraction of sp³-hybridized carbons (Fsp3) is 0.381. The minimum absolute atomic E-state index is 0.0335. The molecule has 132 valence electrons. The molecule has 2 aromatic carbocycles. The fourth-order valence-electron chi connectivity index (χ4n) is 3.36. The van der Waals surface area contributed by atoms with Gasteiger partial charge in [-0.2, -0.15) is 0 Å². The molecule has 4 nitrogen and oxygen atoms in total. The van der Waals surface area contributed by atoms with Crippen LogP contribution in [0.3, 0.4) is 0 Å². The summed E-state index contributed by atoms with van der Waals surface area (Å²) >= 11 is 0. The number of hydrogen-bond acceptors (Lipinski definition) is 3. The summed E-state index contributed by atoms with van der Waals surface area (Å²) in [5.41, 5.74) is 7.98. The number of benzene rings is 2. The molecule has 4 heteroatoms. The number of para-hydroxylation sites is 1. The van der Waals surface area contributed by atoms with Crippen molar-refractivity contribution in [1.29, 1.82) is 0 Å². The zero-order valence-electron chi connectivity index (χ0n) is 15.0. The first-order chi connectivity index (χ1) is 11.9. The van der Waals surface area contributed by atoms with Gasteiger partial charge in [-0.1, -0.05) is 55.5 Å². The molecule has 0 aromatic heterocycles. The number of carbonyl (C=O) groups excluding carboxylic acids is 1. The lowest BCUT2D eigenvalue weighted by Gasteiger charge is -2.38. The van der Waals surface area contributed by atoms with Crippen LogP contribution in [0.25, 0.3) is 0 Å². The molecule has 3 unspecified atom stereocenters. The van der Waals surface area contributed by atoms with E-state index in [0.29, 0.717) is 0 Å². The number of carbonyl (C=O) groups is 1. The minimum atomic E-state index is -0.329. The number of fused-ring (bicyclic) bond motifs is 1. The molecular formula is C21H26N2O2. The molecule has 0 saturated carbocycles. The number of amides is 1. The second kappa shape index (κ2) is 6.89. The van der Waals surface area contributed by atoms with Gasteiger partial charge in [0.2, 0.25) is 5.91 Å². The quantitative estimate of drug-likeness (QED) is 0.892. The Bertz CT molecular complexity index is 743. The van der Waals surface area contributed by atoms with Gasteiger partial charge >= 0.3 is 0 Å². The predicted molar refractivity (Wildman–Crippen MR) is 99.2 cm³/mol. The van der Waals surface area contributed by atoms with Crippen LogP contribution in [-0.2, 0) is 4.79 Å². The van der Waals surface area contributed by atoms with Gasteiger partial charge in [0, 0.05) is 18.0 Å². The molecule has 3 rings (SSSR count). The summed E-state index contributed by atoms with van der Waals surface area (Å²) in [6, 6.07) is 17.2. The van der Waals surface area contributed by atoms with E-state index in [9.17, 15) is 4.79 Å². The van der Waals surface area contributed by atoms with Crippen LogP contribution in [0.4, 0.5) is 0 Å². The minimum Gasteiger partial charge on any atom is -0.487 e. The molecule has 25 heavy (non-hydrogen) atoms. The van der Waals surface area contributed by atoms with E-state index in [-0.39, 0.29) is 29.5 Å². The smallest absolute Gasteiger partial charge is 0.225 e. The Kier molecular flexibility index (Phi) is 4.82. The van der Waals surface area contributed by atoms with E-state index in [1.54, 1.807) is 0 Å².